The van der Waals surface area contributed by atoms with E-state index in [0.29, 0.717) is 18.7 Å². The minimum Gasteiger partial charge on any atom is -0.353 e. The first-order valence-electron chi connectivity index (χ1n) is 8.47. The summed E-state index contributed by atoms with van der Waals surface area (Å²) in [7, 11) is -3.52. The first-order chi connectivity index (χ1) is 12.8. The van der Waals surface area contributed by atoms with Crippen molar-refractivity contribution in [2.75, 3.05) is 12.3 Å². The van der Waals surface area contributed by atoms with E-state index in [2.05, 4.69) is 26.2 Å². The van der Waals surface area contributed by atoms with Gasteiger partial charge in [0, 0.05) is 17.6 Å². The van der Waals surface area contributed by atoms with Gasteiger partial charge in [0.15, 0.2) is 9.84 Å². The molecule has 3 aromatic rings. The number of aromatic nitrogens is 2. The molecule has 0 saturated heterocycles. The van der Waals surface area contributed by atoms with Crippen LogP contribution in [0.3, 0.4) is 0 Å². The fourth-order valence-electron chi connectivity index (χ4n) is 2.92. The number of amides is 1. The van der Waals surface area contributed by atoms with Gasteiger partial charge in [0.2, 0.25) is 5.91 Å². The van der Waals surface area contributed by atoms with Gasteiger partial charge in [-0.3, -0.25) is 4.79 Å². The highest BCUT2D eigenvalue weighted by Gasteiger charge is 2.17. The molecule has 0 aliphatic carbocycles. The molecule has 0 fully saturated rings. The minimum atomic E-state index is -3.52. The molecule has 0 unspecified atom stereocenters. The molecule has 1 aromatic heterocycles. The molecule has 27 heavy (non-hydrogen) atoms. The third-order valence-corrected chi connectivity index (χ3v) is 6.16. The maximum Gasteiger partial charge on any atom is 0.235 e. The van der Waals surface area contributed by atoms with E-state index in [1.54, 1.807) is 24.3 Å². The Morgan fingerprint density at radius 2 is 1.85 bits per heavy atom. The number of imidazole rings is 1. The summed E-state index contributed by atoms with van der Waals surface area (Å²) in [4.78, 5) is 16.5. The zero-order valence-electron chi connectivity index (χ0n) is 14.9. The van der Waals surface area contributed by atoms with Gasteiger partial charge >= 0.3 is 0 Å². The molecule has 1 N–H and O–H groups in total. The number of fused-ring (bicyclic) bond motifs is 1. The van der Waals surface area contributed by atoms with Crippen LogP contribution in [-0.2, 0) is 26.9 Å². The van der Waals surface area contributed by atoms with E-state index in [0.717, 1.165) is 21.3 Å². The Balaban J connectivity index is 1.54. The molecule has 0 saturated carbocycles. The Labute approximate surface area is 166 Å². The zero-order valence-corrected chi connectivity index (χ0v) is 17.3. The van der Waals surface area contributed by atoms with Gasteiger partial charge in [-0.15, -0.1) is 0 Å². The standard InChI is InChI=1S/C19H20BrN3O3S/c1-14-22-17-4-2-3-5-18(17)23(14)11-10-21-19(24)13-27(25,26)12-15-6-8-16(20)9-7-15/h2-9H,10-13H2,1H3,(H,21,24). The third kappa shape index (κ3) is 5.17. The number of carbonyl (C=O) groups is 1. The highest BCUT2D eigenvalue weighted by Crippen LogP contribution is 2.15. The second kappa shape index (κ2) is 8.22. The minimum absolute atomic E-state index is 0.154. The largest absolute Gasteiger partial charge is 0.353 e. The molecule has 0 atom stereocenters. The smallest absolute Gasteiger partial charge is 0.235 e. The zero-order chi connectivity index (χ0) is 19.4. The number of nitrogens with zero attached hydrogens (tertiary/aromatic N) is 2. The molecule has 0 aliphatic heterocycles. The van der Waals surface area contributed by atoms with Crippen LogP contribution >= 0.6 is 15.9 Å². The van der Waals surface area contributed by atoms with Crippen molar-refractivity contribution in [1.82, 2.24) is 14.9 Å². The van der Waals surface area contributed by atoms with Crippen molar-refractivity contribution in [1.29, 1.82) is 0 Å². The predicted molar refractivity (Wildman–Crippen MR) is 109 cm³/mol. The van der Waals surface area contributed by atoms with Crippen LogP contribution in [0.1, 0.15) is 11.4 Å². The number of sulfone groups is 1. The number of nitrogens with one attached hydrogen (secondary N) is 1. The van der Waals surface area contributed by atoms with E-state index < -0.39 is 21.5 Å². The number of hydrogen-bond donors (Lipinski definition) is 1. The quantitative estimate of drug-likeness (QED) is 0.601. The maximum atomic E-state index is 12.2. The lowest BCUT2D eigenvalue weighted by atomic mass is 10.2. The maximum absolute atomic E-state index is 12.2. The summed E-state index contributed by atoms with van der Waals surface area (Å²) in [6.45, 7) is 2.78. The summed E-state index contributed by atoms with van der Waals surface area (Å²) in [6.07, 6.45) is 0. The molecule has 3 rings (SSSR count). The molecule has 2 aromatic carbocycles. The fraction of sp³-hybridized carbons (Fsp3) is 0.263. The molecule has 1 amide bonds. The number of benzene rings is 2. The molecule has 142 valence electrons. The first-order valence-corrected chi connectivity index (χ1v) is 11.1. The number of para-hydroxylation sites is 2. The van der Waals surface area contributed by atoms with Crippen LogP contribution in [0.5, 0.6) is 0 Å². The van der Waals surface area contributed by atoms with Gasteiger partial charge in [0.25, 0.3) is 0 Å². The Morgan fingerprint density at radius 1 is 1.15 bits per heavy atom. The van der Waals surface area contributed by atoms with Crippen molar-refractivity contribution in [2.45, 2.75) is 19.2 Å². The Hall–Kier alpha value is -2.19. The van der Waals surface area contributed by atoms with Gasteiger partial charge in [-0.25, -0.2) is 13.4 Å². The van der Waals surface area contributed by atoms with Crippen LogP contribution in [0.2, 0.25) is 0 Å². The molecule has 0 aliphatic rings. The van der Waals surface area contributed by atoms with E-state index in [-0.39, 0.29) is 5.75 Å². The normalized spacial score (nSPS) is 11.6. The fourth-order valence-corrected chi connectivity index (χ4v) is 4.49. The van der Waals surface area contributed by atoms with E-state index in [1.165, 1.54) is 0 Å². The number of halogens is 1. The summed E-state index contributed by atoms with van der Waals surface area (Å²) >= 11 is 3.31. The third-order valence-electron chi connectivity index (χ3n) is 4.15. The number of hydrogen-bond acceptors (Lipinski definition) is 4. The van der Waals surface area contributed by atoms with Gasteiger partial charge in [-0.1, -0.05) is 40.2 Å². The summed E-state index contributed by atoms with van der Waals surface area (Å²) in [6, 6.07) is 14.8. The van der Waals surface area contributed by atoms with Gasteiger partial charge < -0.3 is 9.88 Å². The second-order valence-corrected chi connectivity index (χ2v) is 9.29. The number of rotatable bonds is 7. The van der Waals surface area contributed by atoms with Gasteiger partial charge in [-0.2, -0.15) is 0 Å². The van der Waals surface area contributed by atoms with Gasteiger partial charge in [0.1, 0.15) is 11.6 Å². The van der Waals surface area contributed by atoms with Crippen LogP contribution in [0, 0.1) is 6.92 Å². The molecular formula is C19H20BrN3O3S. The van der Waals surface area contributed by atoms with Crippen LogP contribution < -0.4 is 5.32 Å². The van der Waals surface area contributed by atoms with Crippen molar-refractivity contribution in [2.24, 2.45) is 0 Å². The Bertz CT molecular complexity index is 1060. The second-order valence-electron chi connectivity index (χ2n) is 6.31. The first kappa shape index (κ1) is 19.6. The highest BCUT2D eigenvalue weighted by molar-refractivity contribution is 9.10. The molecule has 6 nitrogen and oxygen atoms in total. The molecule has 8 heteroatoms. The highest BCUT2D eigenvalue weighted by atomic mass is 79.9. The van der Waals surface area contributed by atoms with E-state index in [4.69, 9.17) is 0 Å². The summed E-state index contributed by atoms with van der Waals surface area (Å²) < 4.78 is 27.3. The van der Waals surface area contributed by atoms with Crippen LogP contribution in [0.25, 0.3) is 11.0 Å². The Kier molecular flexibility index (Phi) is 5.96. The average molecular weight is 450 g/mol. The lowest BCUT2D eigenvalue weighted by Gasteiger charge is -2.09. The van der Waals surface area contributed by atoms with Crippen LogP contribution in [0.4, 0.5) is 0 Å². The molecule has 0 bridgehead atoms. The molecule has 0 spiro atoms. The van der Waals surface area contributed by atoms with Gasteiger partial charge in [-0.05, 0) is 36.8 Å². The van der Waals surface area contributed by atoms with Crippen LogP contribution in [0.15, 0.2) is 53.0 Å². The SMILES string of the molecule is Cc1nc2ccccc2n1CCNC(=O)CS(=O)(=O)Cc1ccc(Br)cc1. The molecular weight excluding hydrogens is 430 g/mol. The van der Waals surface area contributed by atoms with E-state index in [1.807, 2.05) is 35.8 Å². The van der Waals surface area contributed by atoms with E-state index >= 15 is 0 Å². The topological polar surface area (TPSA) is 81.1 Å². The molecule has 1 heterocycles. The number of carbonyl (C=O) groups excluding carboxylic acids is 1. The lowest BCUT2D eigenvalue weighted by Crippen LogP contribution is -2.33. The summed E-state index contributed by atoms with van der Waals surface area (Å²) in [5.41, 5.74) is 2.55. The van der Waals surface area contributed by atoms with Gasteiger partial charge in [0.05, 0.1) is 16.8 Å². The van der Waals surface area contributed by atoms with Crippen molar-refractivity contribution >= 4 is 42.7 Å². The predicted octanol–water partition coefficient (Wildman–Crippen LogP) is 2.84. The monoisotopic (exact) mass is 449 g/mol. The molecule has 0 radical (unpaired) electrons. The summed E-state index contributed by atoms with van der Waals surface area (Å²) in [5, 5.41) is 2.69. The van der Waals surface area contributed by atoms with Crippen molar-refractivity contribution in [3.05, 3.63) is 64.4 Å². The lowest BCUT2D eigenvalue weighted by molar-refractivity contribution is -0.118. The van der Waals surface area contributed by atoms with Crippen molar-refractivity contribution < 1.29 is 13.2 Å². The number of aryl methyl sites for hydroxylation is 1. The van der Waals surface area contributed by atoms with E-state index in [9.17, 15) is 13.2 Å². The summed E-state index contributed by atoms with van der Waals surface area (Å²) in [5.74, 6) is -0.311. The van der Waals surface area contributed by atoms with Crippen LogP contribution in [-0.4, -0.2) is 36.2 Å². The average Bonchev–Trinajstić information content (AvgIpc) is 2.92. The Morgan fingerprint density at radius 3 is 2.59 bits per heavy atom. The van der Waals surface area contributed by atoms with Crippen molar-refractivity contribution in [3.63, 3.8) is 0 Å². The van der Waals surface area contributed by atoms with Crippen molar-refractivity contribution in [3.8, 4) is 0 Å².